The molecule has 1 aromatic carbocycles. The first kappa shape index (κ1) is 19.3. The number of amides is 1. The van der Waals surface area contributed by atoms with Gasteiger partial charge in [0.2, 0.25) is 5.91 Å². The SMILES string of the molecule is COC(=O)C1(NC(=O)C(C)c2ccc(OC)cc2C)CCC(C)CC1. The molecule has 2 rings (SSSR count). The van der Waals surface area contributed by atoms with E-state index >= 15 is 0 Å². The Hall–Kier alpha value is -2.04. The van der Waals surface area contributed by atoms with Crippen LogP contribution in [-0.2, 0) is 14.3 Å². The van der Waals surface area contributed by atoms with E-state index in [9.17, 15) is 9.59 Å². The molecule has 1 atom stereocenters. The third-order valence-electron chi connectivity index (χ3n) is 5.40. The molecule has 0 heterocycles. The van der Waals surface area contributed by atoms with Crippen LogP contribution in [0.2, 0.25) is 0 Å². The Kier molecular flexibility index (Phi) is 6.09. The summed E-state index contributed by atoms with van der Waals surface area (Å²) < 4.78 is 10.2. The summed E-state index contributed by atoms with van der Waals surface area (Å²) in [5, 5.41) is 3.01. The lowest BCUT2D eigenvalue weighted by Crippen LogP contribution is -2.57. The maximum atomic E-state index is 12.9. The van der Waals surface area contributed by atoms with Crippen molar-refractivity contribution in [1.29, 1.82) is 0 Å². The molecule has 5 nitrogen and oxygen atoms in total. The first-order chi connectivity index (χ1) is 11.8. The molecule has 0 spiro atoms. The number of aryl methyl sites for hydroxylation is 1. The van der Waals surface area contributed by atoms with Crippen molar-refractivity contribution < 1.29 is 19.1 Å². The molecule has 1 unspecified atom stereocenters. The lowest BCUT2D eigenvalue weighted by molar-refractivity contribution is -0.153. The van der Waals surface area contributed by atoms with E-state index in [4.69, 9.17) is 9.47 Å². The number of hydrogen-bond donors (Lipinski definition) is 1. The lowest BCUT2D eigenvalue weighted by Gasteiger charge is -2.38. The van der Waals surface area contributed by atoms with Crippen LogP contribution in [0.3, 0.4) is 0 Å². The Balaban J connectivity index is 2.19. The van der Waals surface area contributed by atoms with E-state index in [0.717, 1.165) is 29.7 Å². The van der Waals surface area contributed by atoms with E-state index in [0.29, 0.717) is 18.8 Å². The summed E-state index contributed by atoms with van der Waals surface area (Å²) >= 11 is 0. The summed E-state index contributed by atoms with van der Waals surface area (Å²) in [6.07, 6.45) is 3.07. The summed E-state index contributed by atoms with van der Waals surface area (Å²) in [5.41, 5.74) is 1.03. The van der Waals surface area contributed by atoms with Crippen LogP contribution in [0.15, 0.2) is 18.2 Å². The van der Waals surface area contributed by atoms with Crippen LogP contribution in [0, 0.1) is 12.8 Å². The fourth-order valence-corrected chi connectivity index (χ4v) is 3.58. The quantitative estimate of drug-likeness (QED) is 0.830. The van der Waals surface area contributed by atoms with Crippen molar-refractivity contribution >= 4 is 11.9 Å². The van der Waals surface area contributed by atoms with Gasteiger partial charge in [0.15, 0.2) is 0 Å². The monoisotopic (exact) mass is 347 g/mol. The van der Waals surface area contributed by atoms with Crippen molar-refractivity contribution in [1.82, 2.24) is 5.32 Å². The lowest BCUT2D eigenvalue weighted by atomic mass is 9.76. The van der Waals surface area contributed by atoms with Crippen molar-refractivity contribution in [3.8, 4) is 5.75 Å². The number of methoxy groups -OCH3 is 2. The third-order valence-corrected chi connectivity index (χ3v) is 5.40. The van der Waals surface area contributed by atoms with Crippen molar-refractivity contribution in [3.63, 3.8) is 0 Å². The number of carbonyl (C=O) groups is 2. The molecule has 0 saturated heterocycles. The number of hydrogen-bond acceptors (Lipinski definition) is 4. The van der Waals surface area contributed by atoms with Gasteiger partial charge in [-0.2, -0.15) is 0 Å². The van der Waals surface area contributed by atoms with Gasteiger partial charge in [-0.25, -0.2) is 4.79 Å². The number of esters is 1. The van der Waals surface area contributed by atoms with Gasteiger partial charge < -0.3 is 14.8 Å². The average Bonchev–Trinajstić information content (AvgIpc) is 2.62. The summed E-state index contributed by atoms with van der Waals surface area (Å²) in [5.74, 6) is 0.489. The van der Waals surface area contributed by atoms with E-state index in [1.54, 1.807) is 7.11 Å². The highest BCUT2D eigenvalue weighted by Gasteiger charge is 2.44. The highest BCUT2D eigenvalue weighted by molar-refractivity contribution is 5.91. The van der Waals surface area contributed by atoms with Gasteiger partial charge in [0.25, 0.3) is 0 Å². The van der Waals surface area contributed by atoms with E-state index in [-0.39, 0.29) is 17.8 Å². The normalized spacial score (nSPS) is 24.3. The van der Waals surface area contributed by atoms with Crippen LogP contribution in [0.4, 0.5) is 0 Å². The molecule has 1 saturated carbocycles. The molecular weight excluding hydrogens is 318 g/mol. The Morgan fingerprint density at radius 2 is 1.88 bits per heavy atom. The maximum Gasteiger partial charge on any atom is 0.331 e. The third kappa shape index (κ3) is 4.14. The van der Waals surface area contributed by atoms with Gasteiger partial charge in [0, 0.05) is 0 Å². The molecule has 0 bridgehead atoms. The average molecular weight is 347 g/mol. The molecule has 1 aliphatic rings. The molecule has 1 amide bonds. The van der Waals surface area contributed by atoms with Gasteiger partial charge >= 0.3 is 5.97 Å². The number of nitrogens with one attached hydrogen (secondary N) is 1. The first-order valence-corrected chi connectivity index (χ1v) is 8.88. The van der Waals surface area contributed by atoms with Crippen molar-refractivity contribution in [2.24, 2.45) is 5.92 Å². The van der Waals surface area contributed by atoms with E-state index < -0.39 is 5.54 Å². The van der Waals surface area contributed by atoms with Crippen LogP contribution in [-0.4, -0.2) is 31.6 Å². The number of ether oxygens (including phenoxy) is 2. The maximum absolute atomic E-state index is 12.9. The predicted octanol–water partition coefficient (Wildman–Crippen LogP) is 3.35. The zero-order chi connectivity index (χ0) is 18.6. The van der Waals surface area contributed by atoms with Gasteiger partial charge in [-0.1, -0.05) is 13.0 Å². The molecule has 1 fully saturated rings. The fourth-order valence-electron chi connectivity index (χ4n) is 3.58. The predicted molar refractivity (Wildman–Crippen MR) is 96.7 cm³/mol. The Bertz CT molecular complexity index is 633. The molecule has 0 aliphatic heterocycles. The number of rotatable bonds is 5. The molecule has 0 aromatic heterocycles. The van der Waals surface area contributed by atoms with Crippen LogP contribution in [0.1, 0.15) is 56.6 Å². The van der Waals surface area contributed by atoms with E-state index in [1.165, 1.54) is 7.11 Å². The van der Waals surface area contributed by atoms with Crippen molar-refractivity contribution in [2.45, 2.75) is 57.9 Å². The zero-order valence-electron chi connectivity index (χ0n) is 15.8. The van der Waals surface area contributed by atoms with Gasteiger partial charge in [-0.15, -0.1) is 0 Å². The van der Waals surface area contributed by atoms with Crippen LogP contribution in [0.25, 0.3) is 0 Å². The molecule has 25 heavy (non-hydrogen) atoms. The molecule has 1 N–H and O–H groups in total. The van der Waals surface area contributed by atoms with Crippen molar-refractivity contribution in [2.75, 3.05) is 14.2 Å². The Labute approximate surface area is 150 Å². The van der Waals surface area contributed by atoms with E-state index in [2.05, 4.69) is 12.2 Å². The number of benzene rings is 1. The van der Waals surface area contributed by atoms with Gasteiger partial charge in [0.1, 0.15) is 11.3 Å². The topological polar surface area (TPSA) is 64.6 Å². The Morgan fingerprint density at radius 1 is 1.24 bits per heavy atom. The molecule has 1 aromatic rings. The van der Waals surface area contributed by atoms with Gasteiger partial charge in [0.05, 0.1) is 20.1 Å². The molecule has 0 radical (unpaired) electrons. The highest BCUT2D eigenvalue weighted by atomic mass is 16.5. The highest BCUT2D eigenvalue weighted by Crippen LogP contribution is 2.34. The summed E-state index contributed by atoms with van der Waals surface area (Å²) in [6, 6.07) is 5.67. The summed E-state index contributed by atoms with van der Waals surface area (Å²) in [7, 11) is 3.00. The molecule has 1 aliphatic carbocycles. The minimum Gasteiger partial charge on any atom is -0.497 e. The zero-order valence-corrected chi connectivity index (χ0v) is 15.8. The summed E-state index contributed by atoms with van der Waals surface area (Å²) in [4.78, 5) is 25.3. The van der Waals surface area contributed by atoms with Crippen LogP contribution < -0.4 is 10.1 Å². The van der Waals surface area contributed by atoms with Gasteiger partial charge in [-0.05, 0) is 68.7 Å². The molecule has 5 heteroatoms. The molecule has 138 valence electrons. The second-order valence-electron chi connectivity index (χ2n) is 7.19. The summed E-state index contributed by atoms with van der Waals surface area (Å²) in [6.45, 7) is 5.99. The number of carbonyl (C=O) groups excluding carboxylic acids is 2. The Morgan fingerprint density at radius 3 is 2.40 bits per heavy atom. The fraction of sp³-hybridized carbons (Fsp3) is 0.600. The minimum atomic E-state index is -0.896. The van der Waals surface area contributed by atoms with Crippen LogP contribution in [0.5, 0.6) is 5.75 Å². The smallest absolute Gasteiger partial charge is 0.331 e. The first-order valence-electron chi connectivity index (χ1n) is 8.88. The standard InChI is InChI=1S/C20H29NO4/c1-13-8-10-20(11-9-13,19(23)25-5)21-18(22)15(3)17-7-6-16(24-4)12-14(17)2/h6-7,12-13,15H,8-11H2,1-5H3,(H,21,22). The van der Waals surface area contributed by atoms with Crippen molar-refractivity contribution in [3.05, 3.63) is 29.3 Å². The van der Waals surface area contributed by atoms with Crippen LogP contribution >= 0.6 is 0 Å². The second-order valence-corrected chi connectivity index (χ2v) is 7.19. The van der Waals surface area contributed by atoms with E-state index in [1.807, 2.05) is 32.0 Å². The van der Waals surface area contributed by atoms with Gasteiger partial charge in [-0.3, -0.25) is 4.79 Å². The minimum absolute atomic E-state index is 0.145. The largest absolute Gasteiger partial charge is 0.497 e. The second kappa shape index (κ2) is 7.89. The molecular formula is C20H29NO4.